The molecule has 0 radical (unpaired) electrons. The molecule has 2 heterocycles. The van der Waals surface area contributed by atoms with Gasteiger partial charge in [-0.15, -0.1) is 11.3 Å². The summed E-state index contributed by atoms with van der Waals surface area (Å²) < 4.78 is 0. The van der Waals surface area contributed by atoms with Crippen molar-refractivity contribution in [3.63, 3.8) is 0 Å². The van der Waals surface area contributed by atoms with Gasteiger partial charge in [0.15, 0.2) is 0 Å². The summed E-state index contributed by atoms with van der Waals surface area (Å²) in [6.45, 7) is 0. The first kappa shape index (κ1) is 12.3. The SMILES string of the molecule is Nc1nc(CCC(=O)O)nc2sc3c(c12)CCCC3. The maximum absolute atomic E-state index is 10.6. The molecule has 0 amide bonds. The molecular formula is C13H15N3O2S. The molecule has 0 unspecified atom stereocenters. The van der Waals surface area contributed by atoms with Crippen molar-refractivity contribution in [3.05, 3.63) is 16.3 Å². The Balaban J connectivity index is 2.03. The van der Waals surface area contributed by atoms with Crippen LogP contribution in [0.5, 0.6) is 0 Å². The third kappa shape index (κ3) is 2.28. The molecule has 1 aliphatic rings. The molecule has 0 atom stereocenters. The zero-order valence-electron chi connectivity index (χ0n) is 10.5. The topological polar surface area (TPSA) is 89.1 Å². The van der Waals surface area contributed by atoms with E-state index in [1.54, 1.807) is 11.3 Å². The summed E-state index contributed by atoms with van der Waals surface area (Å²) in [7, 11) is 0. The quantitative estimate of drug-likeness (QED) is 0.897. The van der Waals surface area contributed by atoms with Gasteiger partial charge in [0.2, 0.25) is 0 Å². The highest BCUT2D eigenvalue weighted by molar-refractivity contribution is 7.19. The standard InChI is InChI=1S/C13H15N3O2S/c14-12-11-7-3-1-2-4-8(7)19-13(11)16-9(15-12)5-6-10(17)18/h1-6H2,(H,17,18)(H2,14,15,16). The molecule has 3 N–H and O–H groups in total. The smallest absolute Gasteiger partial charge is 0.303 e. The molecule has 100 valence electrons. The van der Waals surface area contributed by atoms with Crippen LogP contribution >= 0.6 is 11.3 Å². The second kappa shape index (κ2) is 4.77. The number of carboxylic acid groups (broad SMARTS) is 1. The molecule has 0 aliphatic heterocycles. The highest BCUT2D eigenvalue weighted by Crippen LogP contribution is 2.37. The van der Waals surface area contributed by atoms with Crippen LogP contribution in [0.25, 0.3) is 10.2 Å². The van der Waals surface area contributed by atoms with Crippen LogP contribution < -0.4 is 5.73 Å². The Morgan fingerprint density at radius 3 is 2.89 bits per heavy atom. The van der Waals surface area contributed by atoms with E-state index in [4.69, 9.17) is 10.8 Å². The lowest BCUT2D eigenvalue weighted by atomic mass is 9.97. The lowest BCUT2D eigenvalue weighted by Crippen LogP contribution is -2.05. The lowest BCUT2D eigenvalue weighted by Gasteiger charge is -2.10. The van der Waals surface area contributed by atoms with Gasteiger partial charge in [0.25, 0.3) is 0 Å². The van der Waals surface area contributed by atoms with Gasteiger partial charge in [-0.2, -0.15) is 0 Å². The van der Waals surface area contributed by atoms with Gasteiger partial charge in [0.05, 0.1) is 11.8 Å². The van der Waals surface area contributed by atoms with Crippen LogP contribution in [0.1, 0.15) is 35.5 Å². The first-order chi connectivity index (χ1) is 9.15. The maximum Gasteiger partial charge on any atom is 0.303 e. The Bertz CT molecular complexity index is 651. The van der Waals surface area contributed by atoms with Crippen LogP contribution in [0.15, 0.2) is 0 Å². The Hall–Kier alpha value is -1.69. The largest absolute Gasteiger partial charge is 0.481 e. The molecule has 6 heteroatoms. The van der Waals surface area contributed by atoms with E-state index in [2.05, 4.69) is 9.97 Å². The van der Waals surface area contributed by atoms with Crippen LogP contribution in [0.4, 0.5) is 5.82 Å². The van der Waals surface area contributed by atoms with Gasteiger partial charge in [-0.05, 0) is 31.2 Å². The number of nitrogens with two attached hydrogens (primary N) is 1. The van der Waals surface area contributed by atoms with Gasteiger partial charge in [-0.25, -0.2) is 9.97 Å². The summed E-state index contributed by atoms with van der Waals surface area (Å²) in [5.41, 5.74) is 7.35. The van der Waals surface area contributed by atoms with Gasteiger partial charge in [0.1, 0.15) is 16.5 Å². The van der Waals surface area contributed by atoms with Crippen molar-refractivity contribution in [2.45, 2.75) is 38.5 Å². The number of nitrogen functional groups attached to an aromatic ring is 1. The number of aryl methyl sites for hydroxylation is 3. The van der Waals surface area contributed by atoms with E-state index in [1.807, 2.05) is 0 Å². The minimum absolute atomic E-state index is 0.0377. The summed E-state index contributed by atoms with van der Waals surface area (Å²) in [5.74, 6) is 0.198. The van der Waals surface area contributed by atoms with Crippen molar-refractivity contribution < 1.29 is 9.90 Å². The summed E-state index contributed by atoms with van der Waals surface area (Å²) in [6.07, 6.45) is 4.93. The minimum Gasteiger partial charge on any atom is -0.481 e. The third-order valence-electron chi connectivity index (χ3n) is 3.45. The van der Waals surface area contributed by atoms with Crippen LogP contribution in [-0.2, 0) is 24.1 Å². The first-order valence-corrected chi connectivity index (χ1v) is 7.25. The summed E-state index contributed by atoms with van der Waals surface area (Å²) in [5, 5.41) is 9.70. The molecule has 0 fully saturated rings. The molecule has 19 heavy (non-hydrogen) atoms. The number of hydrogen-bond donors (Lipinski definition) is 2. The highest BCUT2D eigenvalue weighted by atomic mass is 32.1. The molecular weight excluding hydrogens is 262 g/mol. The number of hydrogen-bond acceptors (Lipinski definition) is 5. The number of carboxylic acids is 1. The Morgan fingerprint density at radius 1 is 1.32 bits per heavy atom. The molecule has 2 aromatic rings. The fourth-order valence-electron chi connectivity index (χ4n) is 2.56. The van der Waals surface area contributed by atoms with Gasteiger partial charge in [-0.1, -0.05) is 0 Å². The number of anilines is 1. The molecule has 2 aromatic heterocycles. The maximum atomic E-state index is 10.6. The second-order valence-corrected chi connectivity index (χ2v) is 5.89. The number of thiophene rings is 1. The predicted molar refractivity (Wildman–Crippen MR) is 74.4 cm³/mol. The van der Waals surface area contributed by atoms with E-state index in [0.29, 0.717) is 18.1 Å². The van der Waals surface area contributed by atoms with Gasteiger partial charge in [0, 0.05) is 11.3 Å². The second-order valence-electron chi connectivity index (χ2n) is 4.81. The molecule has 0 saturated carbocycles. The number of fused-ring (bicyclic) bond motifs is 3. The van der Waals surface area contributed by atoms with E-state index >= 15 is 0 Å². The average Bonchev–Trinajstić information content (AvgIpc) is 2.74. The van der Waals surface area contributed by atoms with E-state index in [-0.39, 0.29) is 6.42 Å². The molecule has 0 aromatic carbocycles. The minimum atomic E-state index is -0.840. The number of carbonyl (C=O) groups is 1. The first-order valence-electron chi connectivity index (χ1n) is 6.43. The fourth-order valence-corrected chi connectivity index (χ4v) is 3.85. The number of aliphatic carboxylic acids is 1. The Kier molecular flexibility index (Phi) is 3.10. The van der Waals surface area contributed by atoms with Crippen molar-refractivity contribution in [1.82, 2.24) is 9.97 Å². The molecule has 3 rings (SSSR count). The zero-order chi connectivity index (χ0) is 13.4. The molecule has 0 bridgehead atoms. The highest BCUT2D eigenvalue weighted by Gasteiger charge is 2.20. The summed E-state index contributed by atoms with van der Waals surface area (Å²) in [4.78, 5) is 21.6. The average molecular weight is 277 g/mol. The van der Waals surface area contributed by atoms with Gasteiger partial charge in [-0.3, -0.25) is 4.79 Å². The Labute approximate surface area is 114 Å². The van der Waals surface area contributed by atoms with Crippen molar-refractivity contribution in [2.75, 3.05) is 5.73 Å². The monoisotopic (exact) mass is 277 g/mol. The number of aromatic nitrogens is 2. The zero-order valence-corrected chi connectivity index (χ0v) is 11.3. The van der Waals surface area contributed by atoms with Crippen LogP contribution in [0.2, 0.25) is 0 Å². The Morgan fingerprint density at radius 2 is 2.11 bits per heavy atom. The van der Waals surface area contributed by atoms with E-state index < -0.39 is 5.97 Å². The summed E-state index contributed by atoms with van der Waals surface area (Å²) in [6, 6.07) is 0. The van der Waals surface area contributed by atoms with Crippen LogP contribution in [0, 0.1) is 0 Å². The van der Waals surface area contributed by atoms with Gasteiger partial charge >= 0.3 is 5.97 Å². The van der Waals surface area contributed by atoms with E-state index in [1.165, 1.54) is 23.3 Å². The molecule has 1 aliphatic carbocycles. The van der Waals surface area contributed by atoms with Gasteiger partial charge < -0.3 is 10.8 Å². The van der Waals surface area contributed by atoms with Crippen molar-refractivity contribution in [3.8, 4) is 0 Å². The molecule has 5 nitrogen and oxygen atoms in total. The predicted octanol–water partition coefficient (Wildman–Crippen LogP) is 2.17. The van der Waals surface area contributed by atoms with Crippen LogP contribution in [0.3, 0.4) is 0 Å². The third-order valence-corrected chi connectivity index (χ3v) is 4.64. The van der Waals surface area contributed by atoms with E-state index in [9.17, 15) is 4.79 Å². The lowest BCUT2D eigenvalue weighted by molar-refractivity contribution is -0.137. The van der Waals surface area contributed by atoms with Crippen molar-refractivity contribution in [1.29, 1.82) is 0 Å². The molecule has 0 saturated heterocycles. The summed E-state index contributed by atoms with van der Waals surface area (Å²) >= 11 is 1.68. The van der Waals surface area contributed by atoms with Crippen molar-refractivity contribution >= 4 is 33.3 Å². The molecule has 0 spiro atoms. The normalized spacial score (nSPS) is 14.5. The fraction of sp³-hybridized carbons (Fsp3) is 0.462. The van der Waals surface area contributed by atoms with Crippen LogP contribution in [-0.4, -0.2) is 21.0 Å². The van der Waals surface area contributed by atoms with Crippen molar-refractivity contribution in [2.24, 2.45) is 0 Å². The number of rotatable bonds is 3. The number of nitrogens with zero attached hydrogens (tertiary/aromatic N) is 2. The van der Waals surface area contributed by atoms with E-state index in [0.717, 1.165) is 23.1 Å².